The third-order valence-corrected chi connectivity index (χ3v) is 3.75. The fraction of sp³-hybridized carbons (Fsp3) is 1.00. The van der Waals surface area contributed by atoms with E-state index in [2.05, 4.69) is 12.2 Å². The van der Waals surface area contributed by atoms with Gasteiger partial charge in [0, 0.05) is 40.9 Å². The minimum atomic E-state index is -0.694. The van der Waals surface area contributed by atoms with Crippen LogP contribution in [0.2, 0.25) is 0 Å². The average molecular weight is 218 g/mol. The molecule has 0 aliphatic heterocycles. The molecule has 0 radical (unpaired) electrons. The van der Waals surface area contributed by atoms with Gasteiger partial charge < -0.3 is 11.1 Å². The monoisotopic (exact) mass is 218 g/mol. The van der Waals surface area contributed by atoms with Crippen LogP contribution in [0.25, 0.3) is 0 Å². The van der Waals surface area contributed by atoms with Crippen molar-refractivity contribution in [3.63, 3.8) is 0 Å². The van der Waals surface area contributed by atoms with Crippen molar-refractivity contribution in [3.05, 3.63) is 0 Å². The van der Waals surface area contributed by atoms with Gasteiger partial charge in [0.1, 0.15) is 0 Å². The Morgan fingerprint density at radius 1 is 1.43 bits per heavy atom. The van der Waals surface area contributed by atoms with Crippen LogP contribution in [0.3, 0.4) is 0 Å². The molecule has 0 spiro atoms. The molecule has 14 heavy (non-hydrogen) atoms. The van der Waals surface area contributed by atoms with E-state index in [-0.39, 0.29) is 0 Å². The minimum Gasteiger partial charge on any atom is -0.328 e. The normalized spacial score (nSPS) is 32.5. The topological polar surface area (TPSA) is 55.1 Å². The second kappa shape index (κ2) is 5.83. The van der Waals surface area contributed by atoms with Crippen LogP contribution in [-0.2, 0) is 10.8 Å². The van der Waals surface area contributed by atoms with Gasteiger partial charge in [-0.25, -0.2) is 0 Å². The fourth-order valence-corrected chi connectivity index (χ4v) is 2.89. The maximum absolute atomic E-state index is 11.0. The van der Waals surface area contributed by atoms with Gasteiger partial charge in [-0.1, -0.05) is 0 Å². The van der Waals surface area contributed by atoms with E-state index in [9.17, 15) is 4.21 Å². The van der Waals surface area contributed by atoms with Crippen molar-refractivity contribution in [2.45, 2.75) is 50.7 Å². The Morgan fingerprint density at radius 3 is 2.50 bits per heavy atom. The lowest BCUT2D eigenvalue weighted by atomic mass is 9.91. The van der Waals surface area contributed by atoms with Gasteiger partial charge in [-0.05, 0) is 32.6 Å². The highest BCUT2D eigenvalue weighted by Crippen LogP contribution is 2.17. The van der Waals surface area contributed by atoms with Crippen molar-refractivity contribution in [1.29, 1.82) is 0 Å². The molecule has 0 aromatic carbocycles. The Labute approximate surface area is 89.3 Å². The molecule has 0 aromatic rings. The summed E-state index contributed by atoms with van der Waals surface area (Å²) in [5, 5.41) is 3.52. The predicted molar refractivity (Wildman–Crippen MR) is 61.8 cm³/mol. The largest absolute Gasteiger partial charge is 0.328 e. The number of nitrogens with one attached hydrogen (secondary N) is 1. The van der Waals surface area contributed by atoms with Gasteiger partial charge in [-0.15, -0.1) is 0 Å². The molecule has 1 rings (SSSR count). The maximum Gasteiger partial charge on any atom is 0.0383 e. The quantitative estimate of drug-likeness (QED) is 0.727. The summed E-state index contributed by atoms with van der Waals surface area (Å²) in [5.74, 6) is 0.753. The number of hydrogen-bond donors (Lipinski definition) is 2. The van der Waals surface area contributed by atoms with Crippen molar-refractivity contribution in [3.8, 4) is 0 Å². The maximum atomic E-state index is 11.0. The highest BCUT2D eigenvalue weighted by Gasteiger charge is 2.19. The van der Waals surface area contributed by atoms with Crippen molar-refractivity contribution in [1.82, 2.24) is 5.32 Å². The van der Waals surface area contributed by atoms with E-state index in [1.54, 1.807) is 6.26 Å². The molecule has 1 fully saturated rings. The first-order chi connectivity index (χ1) is 6.58. The molecule has 1 aliphatic carbocycles. The van der Waals surface area contributed by atoms with Crippen molar-refractivity contribution in [2.75, 3.05) is 12.0 Å². The summed E-state index contributed by atoms with van der Waals surface area (Å²) in [6.07, 6.45) is 6.35. The first-order valence-corrected chi connectivity index (χ1v) is 7.12. The molecule has 0 bridgehead atoms. The van der Waals surface area contributed by atoms with Gasteiger partial charge in [0.15, 0.2) is 0 Å². The van der Waals surface area contributed by atoms with Crippen LogP contribution in [0.1, 0.15) is 32.6 Å². The second-order valence-corrected chi connectivity index (χ2v) is 5.90. The molecule has 3 N–H and O–H groups in total. The molecule has 2 unspecified atom stereocenters. The summed E-state index contributed by atoms with van der Waals surface area (Å²) in [5.41, 5.74) is 5.83. The molecular formula is C10H22N2OS. The minimum absolute atomic E-state index is 0.361. The first kappa shape index (κ1) is 12.1. The van der Waals surface area contributed by atoms with E-state index in [4.69, 9.17) is 5.73 Å². The second-order valence-electron chi connectivity index (χ2n) is 4.42. The van der Waals surface area contributed by atoms with Crippen LogP contribution in [0, 0.1) is 0 Å². The number of nitrogens with two attached hydrogens (primary N) is 1. The lowest BCUT2D eigenvalue weighted by Gasteiger charge is -2.29. The summed E-state index contributed by atoms with van der Waals surface area (Å²) in [6, 6.07) is 1.36. The van der Waals surface area contributed by atoms with Crippen LogP contribution in [0.4, 0.5) is 0 Å². The lowest BCUT2D eigenvalue weighted by Crippen LogP contribution is -2.43. The molecule has 0 heterocycles. The van der Waals surface area contributed by atoms with Gasteiger partial charge in [0.05, 0.1) is 0 Å². The van der Waals surface area contributed by atoms with E-state index in [1.165, 1.54) is 12.8 Å². The predicted octanol–water partition coefficient (Wildman–Crippen LogP) is 0.613. The molecule has 4 heteroatoms. The highest BCUT2D eigenvalue weighted by atomic mass is 32.2. The molecule has 84 valence electrons. The van der Waals surface area contributed by atoms with Crippen LogP contribution in [0.5, 0.6) is 0 Å². The third kappa shape index (κ3) is 4.53. The van der Waals surface area contributed by atoms with E-state index >= 15 is 0 Å². The highest BCUT2D eigenvalue weighted by molar-refractivity contribution is 7.84. The van der Waals surface area contributed by atoms with Gasteiger partial charge in [-0.3, -0.25) is 4.21 Å². The third-order valence-electron chi connectivity index (χ3n) is 2.78. The zero-order valence-corrected chi connectivity index (χ0v) is 9.98. The molecular weight excluding hydrogens is 196 g/mol. The Balaban J connectivity index is 2.20. The Kier molecular flexibility index (Phi) is 5.06. The first-order valence-electron chi connectivity index (χ1n) is 5.39. The van der Waals surface area contributed by atoms with Crippen molar-refractivity contribution < 1.29 is 4.21 Å². The Morgan fingerprint density at radius 2 is 2.00 bits per heavy atom. The van der Waals surface area contributed by atoms with Gasteiger partial charge >= 0.3 is 0 Å². The van der Waals surface area contributed by atoms with E-state index in [1.807, 2.05) is 0 Å². The standard InChI is InChI=1S/C10H22N2OS/c1-8(7-14(2)13)12-10-5-3-9(11)4-6-10/h8-10,12H,3-7,11H2,1-2H3. The van der Waals surface area contributed by atoms with Crippen LogP contribution in [-0.4, -0.2) is 34.3 Å². The van der Waals surface area contributed by atoms with Gasteiger partial charge in [0.25, 0.3) is 0 Å². The zero-order chi connectivity index (χ0) is 10.6. The Hall–Kier alpha value is 0.0700. The van der Waals surface area contributed by atoms with Gasteiger partial charge in [-0.2, -0.15) is 0 Å². The SMILES string of the molecule is CC(CS(C)=O)NC1CCC(N)CC1. The summed E-state index contributed by atoms with van der Waals surface area (Å²) >= 11 is 0. The molecule has 0 aromatic heterocycles. The average Bonchev–Trinajstić information content (AvgIpc) is 2.07. The summed E-state index contributed by atoms with van der Waals surface area (Å²) in [4.78, 5) is 0. The fourth-order valence-electron chi connectivity index (χ4n) is 2.09. The number of rotatable bonds is 4. The van der Waals surface area contributed by atoms with Gasteiger partial charge in [0.2, 0.25) is 0 Å². The van der Waals surface area contributed by atoms with Crippen LogP contribution in [0.15, 0.2) is 0 Å². The smallest absolute Gasteiger partial charge is 0.0383 e. The molecule has 2 atom stereocenters. The van der Waals surface area contributed by atoms with Crippen LogP contribution >= 0.6 is 0 Å². The van der Waals surface area contributed by atoms with E-state index in [0.717, 1.165) is 18.6 Å². The zero-order valence-electron chi connectivity index (χ0n) is 9.16. The summed E-state index contributed by atoms with van der Waals surface area (Å²) < 4.78 is 11.0. The molecule has 1 saturated carbocycles. The molecule has 0 saturated heterocycles. The molecule has 3 nitrogen and oxygen atoms in total. The lowest BCUT2D eigenvalue weighted by molar-refractivity contribution is 0.327. The molecule has 0 amide bonds. The summed E-state index contributed by atoms with van der Waals surface area (Å²) in [7, 11) is -0.694. The van der Waals surface area contributed by atoms with Crippen molar-refractivity contribution >= 4 is 10.8 Å². The Bertz CT molecular complexity index is 191. The van der Waals surface area contributed by atoms with E-state index < -0.39 is 10.8 Å². The number of hydrogen-bond acceptors (Lipinski definition) is 3. The van der Waals surface area contributed by atoms with Crippen LogP contribution < -0.4 is 11.1 Å². The van der Waals surface area contributed by atoms with Crippen molar-refractivity contribution in [2.24, 2.45) is 5.73 Å². The molecule has 1 aliphatic rings. The van der Waals surface area contributed by atoms with E-state index in [0.29, 0.717) is 18.1 Å². The summed E-state index contributed by atoms with van der Waals surface area (Å²) in [6.45, 7) is 2.11.